The molecule has 0 unspecified atom stereocenters. The van der Waals surface area contributed by atoms with E-state index in [2.05, 4.69) is 22.6 Å². The first kappa shape index (κ1) is 12.3. The minimum atomic E-state index is -0.795. The Morgan fingerprint density at radius 2 is 2.12 bits per heavy atom. The molecular weight excluding hydrogens is 333 g/mol. The zero-order valence-corrected chi connectivity index (χ0v) is 11.3. The second-order valence-electron chi connectivity index (χ2n) is 4.18. The first-order valence-electron chi connectivity index (χ1n) is 5.33. The van der Waals surface area contributed by atoms with Gasteiger partial charge < -0.3 is 10.0 Å². The van der Waals surface area contributed by atoms with E-state index in [1.54, 1.807) is 11.0 Å². The quantitative estimate of drug-likeness (QED) is 0.851. The Kier molecular flexibility index (Phi) is 3.66. The third-order valence-electron chi connectivity index (χ3n) is 2.78. The molecule has 1 fully saturated rings. The summed E-state index contributed by atoms with van der Waals surface area (Å²) in [6.45, 7) is 1.10. The summed E-state index contributed by atoms with van der Waals surface area (Å²) in [6.07, 6.45) is 0.149. The van der Waals surface area contributed by atoms with Gasteiger partial charge in [0.05, 0.1) is 6.42 Å². The van der Waals surface area contributed by atoms with Crippen molar-refractivity contribution in [2.45, 2.75) is 6.42 Å². The number of carboxylic acid groups (broad SMARTS) is 1. The number of carbonyl (C=O) groups is 2. The van der Waals surface area contributed by atoms with Crippen molar-refractivity contribution in [3.8, 4) is 0 Å². The lowest BCUT2D eigenvalue weighted by atomic mass is 9.95. The number of amides is 1. The first-order valence-corrected chi connectivity index (χ1v) is 6.41. The lowest BCUT2D eigenvalue weighted by Gasteiger charge is -2.38. The van der Waals surface area contributed by atoms with Gasteiger partial charge in [0.1, 0.15) is 0 Å². The fourth-order valence-corrected chi connectivity index (χ4v) is 2.46. The number of nitrogens with zero attached hydrogens (tertiary/aromatic N) is 1. The predicted octanol–water partition coefficient (Wildman–Crippen LogP) is 1.84. The number of hydrogen-bond acceptors (Lipinski definition) is 2. The normalized spacial score (nSPS) is 15.5. The Bertz CT molecular complexity index is 455. The van der Waals surface area contributed by atoms with Crippen molar-refractivity contribution >= 4 is 34.5 Å². The van der Waals surface area contributed by atoms with E-state index in [1.807, 2.05) is 18.2 Å². The van der Waals surface area contributed by atoms with Gasteiger partial charge in [0, 0.05) is 28.1 Å². The molecule has 0 radical (unpaired) electrons. The number of likely N-dealkylation sites (tertiary alicyclic amines) is 1. The zero-order valence-electron chi connectivity index (χ0n) is 9.10. The van der Waals surface area contributed by atoms with E-state index in [9.17, 15) is 9.59 Å². The van der Waals surface area contributed by atoms with Crippen LogP contribution in [0, 0.1) is 9.49 Å². The van der Waals surface area contributed by atoms with Crippen LogP contribution in [0.4, 0.5) is 0 Å². The van der Waals surface area contributed by atoms with E-state index in [1.165, 1.54) is 0 Å². The largest absolute Gasteiger partial charge is 0.481 e. The molecule has 0 aromatic heterocycles. The van der Waals surface area contributed by atoms with Crippen LogP contribution in [0.15, 0.2) is 24.3 Å². The van der Waals surface area contributed by atoms with Crippen molar-refractivity contribution in [2.24, 2.45) is 5.92 Å². The molecule has 90 valence electrons. The highest BCUT2D eigenvalue weighted by Gasteiger charge is 2.32. The minimum absolute atomic E-state index is 0.00912. The molecule has 0 saturated carbocycles. The molecule has 1 aromatic carbocycles. The van der Waals surface area contributed by atoms with Gasteiger partial charge in [0.2, 0.25) is 0 Å². The number of benzene rings is 1. The molecule has 1 aliphatic rings. The summed E-state index contributed by atoms with van der Waals surface area (Å²) < 4.78 is 1.02. The molecule has 1 aliphatic heterocycles. The monoisotopic (exact) mass is 345 g/mol. The molecule has 4 nitrogen and oxygen atoms in total. The number of hydrogen-bond donors (Lipinski definition) is 1. The standard InChI is InChI=1S/C12H12INO3/c13-10-3-1-2-9(5-10)12(17)14-6-8(7-14)4-11(15)16/h1-3,5,8H,4,6-7H2,(H,15,16). The molecule has 1 aromatic rings. The molecule has 17 heavy (non-hydrogen) atoms. The van der Waals surface area contributed by atoms with Crippen LogP contribution >= 0.6 is 22.6 Å². The Labute approximate surface area is 113 Å². The smallest absolute Gasteiger partial charge is 0.303 e. The Hall–Kier alpha value is -1.11. The topological polar surface area (TPSA) is 57.6 Å². The van der Waals surface area contributed by atoms with Crippen LogP contribution in [-0.2, 0) is 4.79 Å². The lowest BCUT2D eigenvalue weighted by molar-refractivity contribution is -0.139. The molecule has 0 aliphatic carbocycles. The second-order valence-corrected chi connectivity index (χ2v) is 5.43. The third kappa shape index (κ3) is 2.96. The highest BCUT2D eigenvalue weighted by Crippen LogP contribution is 2.22. The van der Waals surface area contributed by atoms with Crippen molar-refractivity contribution < 1.29 is 14.7 Å². The van der Waals surface area contributed by atoms with E-state index in [0.717, 1.165) is 3.57 Å². The summed E-state index contributed by atoms with van der Waals surface area (Å²) in [5.74, 6) is -0.694. The molecule has 0 bridgehead atoms. The first-order chi connectivity index (χ1) is 8.06. The average Bonchev–Trinajstić information content (AvgIpc) is 2.21. The van der Waals surface area contributed by atoms with Gasteiger partial charge in [-0.2, -0.15) is 0 Å². The van der Waals surface area contributed by atoms with Crippen molar-refractivity contribution in [2.75, 3.05) is 13.1 Å². The maximum Gasteiger partial charge on any atom is 0.303 e. The maximum absolute atomic E-state index is 12.0. The Balaban J connectivity index is 1.93. The molecule has 1 heterocycles. The number of carboxylic acids is 1. The summed E-state index contributed by atoms with van der Waals surface area (Å²) in [7, 11) is 0. The van der Waals surface area contributed by atoms with Crippen LogP contribution < -0.4 is 0 Å². The maximum atomic E-state index is 12.0. The van der Waals surface area contributed by atoms with E-state index >= 15 is 0 Å². The molecule has 0 spiro atoms. The van der Waals surface area contributed by atoms with Gasteiger partial charge in [-0.1, -0.05) is 6.07 Å². The lowest BCUT2D eigenvalue weighted by Crippen LogP contribution is -2.50. The summed E-state index contributed by atoms with van der Waals surface area (Å²) in [6, 6.07) is 7.41. The molecular formula is C12H12INO3. The van der Waals surface area contributed by atoms with Gasteiger partial charge in [0.25, 0.3) is 5.91 Å². The minimum Gasteiger partial charge on any atom is -0.481 e. The van der Waals surface area contributed by atoms with Crippen molar-refractivity contribution in [1.29, 1.82) is 0 Å². The molecule has 0 atom stereocenters. The number of halogens is 1. The Morgan fingerprint density at radius 1 is 1.41 bits per heavy atom. The van der Waals surface area contributed by atoms with Crippen LogP contribution in [-0.4, -0.2) is 35.0 Å². The van der Waals surface area contributed by atoms with Gasteiger partial charge >= 0.3 is 5.97 Å². The second kappa shape index (κ2) is 5.03. The Morgan fingerprint density at radius 3 is 2.71 bits per heavy atom. The van der Waals surface area contributed by atoms with Crippen molar-refractivity contribution in [3.63, 3.8) is 0 Å². The fourth-order valence-electron chi connectivity index (χ4n) is 1.92. The zero-order chi connectivity index (χ0) is 12.4. The molecule has 1 N–H and O–H groups in total. The van der Waals surface area contributed by atoms with E-state index < -0.39 is 5.97 Å². The van der Waals surface area contributed by atoms with Crippen LogP contribution in [0.3, 0.4) is 0 Å². The van der Waals surface area contributed by atoms with Crippen LogP contribution in [0.25, 0.3) is 0 Å². The SMILES string of the molecule is O=C(O)CC1CN(C(=O)c2cccc(I)c2)C1. The fraction of sp³-hybridized carbons (Fsp3) is 0.333. The summed E-state index contributed by atoms with van der Waals surface area (Å²) in [5.41, 5.74) is 0.672. The molecule has 1 amide bonds. The summed E-state index contributed by atoms with van der Waals surface area (Å²) >= 11 is 2.16. The van der Waals surface area contributed by atoms with Gasteiger partial charge in [-0.15, -0.1) is 0 Å². The number of rotatable bonds is 3. The van der Waals surface area contributed by atoms with Crippen LogP contribution in [0.1, 0.15) is 16.8 Å². The van der Waals surface area contributed by atoms with Gasteiger partial charge in [0.15, 0.2) is 0 Å². The predicted molar refractivity (Wildman–Crippen MR) is 70.8 cm³/mol. The van der Waals surface area contributed by atoms with Crippen LogP contribution in [0.2, 0.25) is 0 Å². The van der Waals surface area contributed by atoms with Crippen molar-refractivity contribution in [1.82, 2.24) is 4.90 Å². The average molecular weight is 345 g/mol. The third-order valence-corrected chi connectivity index (χ3v) is 3.45. The van der Waals surface area contributed by atoms with E-state index in [0.29, 0.717) is 18.7 Å². The van der Waals surface area contributed by atoms with Crippen molar-refractivity contribution in [3.05, 3.63) is 33.4 Å². The van der Waals surface area contributed by atoms with E-state index in [4.69, 9.17) is 5.11 Å². The highest BCUT2D eigenvalue weighted by atomic mass is 127. The summed E-state index contributed by atoms with van der Waals surface area (Å²) in [5, 5.41) is 8.62. The van der Waals surface area contributed by atoms with E-state index in [-0.39, 0.29) is 18.2 Å². The molecule has 2 rings (SSSR count). The van der Waals surface area contributed by atoms with Gasteiger partial charge in [-0.05, 0) is 40.8 Å². The van der Waals surface area contributed by atoms with Gasteiger partial charge in [-0.25, -0.2) is 0 Å². The number of aliphatic carboxylic acids is 1. The van der Waals surface area contributed by atoms with Gasteiger partial charge in [-0.3, -0.25) is 9.59 Å². The molecule has 5 heteroatoms. The molecule has 1 saturated heterocycles. The van der Waals surface area contributed by atoms with Crippen LogP contribution in [0.5, 0.6) is 0 Å². The summed E-state index contributed by atoms with van der Waals surface area (Å²) in [4.78, 5) is 24.2. The number of carbonyl (C=O) groups excluding carboxylic acids is 1. The highest BCUT2D eigenvalue weighted by molar-refractivity contribution is 14.1.